The number of rotatable bonds is 5. The van der Waals surface area contributed by atoms with Crippen LogP contribution in [0.2, 0.25) is 0 Å². The minimum absolute atomic E-state index is 0.0110. The van der Waals surface area contributed by atoms with E-state index in [0.29, 0.717) is 38.7 Å². The number of nitrogens with zero attached hydrogens (tertiary/aromatic N) is 3. The minimum Gasteiger partial charge on any atom is -0.382 e. The zero-order valence-electron chi connectivity index (χ0n) is 18.4. The Bertz CT molecular complexity index is 1590. The van der Waals surface area contributed by atoms with Crippen LogP contribution in [-0.2, 0) is 0 Å². The van der Waals surface area contributed by atoms with Gasteiger partial charge in [0.15, 0.2) is 5.78 Å². The van der Waals surface area contributed by atoms with Gasteiger partial charge >= 0.3 is 0 Å². The highest BCUT2D eigenvalue weighted by atomic mass is 32.1. The van der Waals surface area contributed by atoms with Crippen molar-refractivity contribution in [1.82, 2.24) is 15.0 Å². The maximum atomic E-state index is 13.2. The van der Waals surface area contributed by atoms with E-state index in [-0.39, 0.29) is 11.7 Å². The number of aryl methyl sites for hydroxylation is 1. The summed E-state index contributed by atoms with van der Waals surface area (Å²) in [5, 5.41) is 9.75. The number of nitrogens with two attached hydrogens (primary N) is 1. The van der Waals surface area contributed by atoms with E-state index in [1.54, 1.807) is 23.7 Å². The Kier molecular flexibility index (Phi) is 5.39. The Labute approximate surface area is 198 Å². The molecule has 2 aromatic carbocycles. The van der Waals surface area contributed by atoms with Gasteiger partial charge in [0.1, 0.15) is 18.0 Å². The molecule has 168 valence electrons. The van der Waals surface area contributed by atoms with Gasteiger partial charge < -0.3 is 16.4 Å². The lowest BCUT2D eigenvalue weighted by molar-refractivity contribution is 0.101. The number of Topliss-reactive ketones (excluding diaryl/α,β-unsaturated/α-hetero) is 1. The number of benzene rings is 2. The highest BCUT2D eigenvalue weighted by Gasteiger charge is 2.18. The third-order valence-electron chi connectivity index (χ3n) is 5.55. The summed E-state index contributed by atoms with van der Waals surface area (Å²) in [6.07, 6.45) is 3.04. The molecule has 0 radical (unpaired) electrons. The van der Waals surface area contributed by atoms with Gasteiger partial charge in [-0.05, 0) is 37.6 Å². The Hall–Kier alpha value is -4.37. The number of amides is 1. The van der Waals surface area contributed by atoms with Crippen LogP contribution in [0.4, 0.5) is 23.0 Å². The van der Waals surface area contributed by atoms with Crippen LogP contribution in [0, 0.1) is 6.92 Å². The van der Waals surface area contributed by atoms with Gasteiger partial charge in [0, 0.05) is 33.6 Å². The first-order valence-electron chi connectivity index (χ1n) is 10.5. The quantitative estimate of drug-likeness (QED) is 0.298. The normalized spacial score (nSPS) is 11.0. The average molecular weight is 469 g/mol. The van der Waals surface area contributed by atoms with Gasteiger partial charge in [0.05, 0.1) is 21.5 Å². The summed E-state index contributed by atoms with van der Waals surface area (Å²) < 4.78 is 0.686. The zero-order chi connectivity index (χ0) is 23.8. The Balaban J connectivity index is 1.53. The van der Waals surface area contributed by atoms with Crippen molar-refractivity contribution in [1.29, 1.82) is 0 Å². The topological polar surface area (TPSA) is 123 Å². The van der Waals surface area contributed by atoms with E-state index in [9.17, 15) is 9.59 Å². The van der Waals surface area contributed by atoms with Gasteiger partial charge in [0.2, 0.25) is 0 Å². The number of pyridine rings is 1. The van der Waals surface area contributed by atoms with Crippen molar-refractivity contribution in [3.63, 3.8) is 0 Å². The molecule has 0 spiro atoms. The molecule has 1 amide bonds. The molecule has 0 saturated heterocycles. The summed E-state index contributed by atoms with van der Waals surface area (Å²) in [7, 11) is 0. The van der Waals surface area contributed by atoms with Crippen molar-refractivity contribution in [3.8, 4) is 0 Å². The highest BCUT2D eigenvalue weighted by Crippen LogP contribution is 2.34. The monoisotopic (exact) mass is 468 g/mol. The summed E-state index contributed by atoms with van der Waals surface area (Å²) in [5.41, 5.74) is 9.85. The first-order chi connectivity index (χ1) is 16.4. The predicted octanol–water partition coefficient (Wildman–Crippen LogP) is 5.33. The molecule has 0 aliphatic rings. The van der Waals surface area contributed by atoms with Crippen LogP contribution < -0.4 is 16.4 Å². The number of carbonyl (C=O) groups is 2. The molecule has 3 heterocycles. The zero-order valence-corrected chi connectivity index (χ0v) is 19.2. The summed E-state index contributed by atoms with van der Waals surface area (Å²) >= 11 is 1.34. The Morgan fingerprint density at radius 1 is 1.03 bits per heavy atom. The Morgan fingerprint density at radius 2 is 1.88 bits per heavy atom. The number of anilines is 4. The van der Waals surface area contributed by atoms with E-state index in [0.717, 1.165) is 22.0 Å². The smallest absolute Gasteiger partial charge is 0.258 e. The number of fused-ring (bicyclic) bond motifs is 2. The number of hydrogen-bond acceptors (Lipinski definition) is 8. The molecule has 5 aromatic rings. The molecule has 0 aliphatic carbocycles. The van der Waals surface area contributed by atoms with Gasteiger partial charge in [-0.3, -0.25) is 9.59 Å². The van der Waals surface area contributed by atoms with Crippen LogP contribution in [-0.4, -0.2) is 26.6 Å². The number of aromatic nitrogens is 3. The van der Waals surface area contributed by atoms with E-state index in [2.05, 4.69) is 25.6 Å². The van der Waals surface area contributed by atoms with Crippen molar-refractivity contribution in [2.45, 2.75) is 13.8 Å². The Morgan fingerprint density at radius 3 is 2.71 bits per heavy atom. The lowest BCUT2D eigenvalue weighted by Crippen LogP contribution is -2.13. The van der Waals surface area contributed by atoms with Crippen molar-refractivity contribution in [2.24, 2.45) is 0 Å². The number of nitrogen functional groups attached to an aromatic ring is 1. The van der Waals surface area contributed by atoms with E-state index in [1.807, 2.05) is 37.3 Å². The molecular formula is C25H20N6O2S. The summed E-state index contributed by atoms with van der Waals surface area (Å²) in [4.78, 5) is 37.7. The molecule has 9 heteroatoms. The SMILES string of the molecule is CC(=O)c1cccc(Nc2nccc3c(NC(=O)c4csc5c(N)ncnc45)c(C)ccc23)c1. The highest BCUT2D eigenvalue weighted by molar-refractivity contribution is 7.18. The molecule has 4 N–H and O–H groups in total. The van der Waals surface area contributed by atoms with Crippen LogP contribution in [0.1, 0.15) is 33.2 Å². The average Bonchev–Trinajstić information content (AvgIpc) is 3.27. The molecule has 0 bridgehead atoms. The van der Waals surface area contributed by atoms with Crippen LogP contribution in [0.25, 0.3) is 21.0 Å². The fourth-order valence-electron chi connectivity index (χ4n) is 3.79. The maximum Gasteiger partial charge on any atom is 0.258 e. The molecule has 0 fully saturated rings. The molecule has 3 aromatic heterocycles. The van der Waals surface area contributed by atoms with E-state index >= 15 is 0 Å². The first-order valence-corrected chi connectivity index (χ1v) is 11.4. The van der Waals surface area contributed by atoms with E-state index < -0.39 is 0 Å². The van der Waals surface area contributed by atoms with Crippen molar-refractivity contribution < 1.29 is 9.59 Å². The number of nitrogens with one attached hydrogen (secondary N) is 2. The molecule has 34 heavy (non-hydrogen) atoms. The van der Waals surface area contributed by atoms with Crippen LogP contribution in [0.15, 0.2) is 60.4 Å². The summed E-state index contributed by atoms with van der Waals surface area (Å²) in [5.74, 6) is 0.685. The van der Waals surface area contributed by atoms with Crippen molar-refractivity contribution >= 4 is 67.0 Å². The van der Waals surface area contributed by atoms with Gasteiger partial charge in [-0.25, -0.2) is 15.0 Å². The maximum absolute atomic E-state index is 13.2. The van der Waals surface area contributed by atoms with E-state index in [1.165, 1.54) is 24.6 Å². The van der Waals surface area contributed by atoms with Gasteiger partial charge in [-0.1, -0.05) is 24.3 Å². The lowest BCUT2D eigenvalue weighted by atomic mass is 10.0. The molecule has 8 nitrogen and oxygen atoms in total. The van der Waals surface area contributed by atoms with Crippen molar-refractivity contribution in [2.75, 3.05) is 16.4 Å². The fraction of sp³-hybridized carbons (Fsp3) is 0.0800. The number of hydrogen-bond donors (Lipinski definition) is 3. The summed E-state index contributed by atoms with van der Waals surface area (Å²) in [6.45, 7) is 3.47. The molecule has 0 atom stereocenters. The van der Waals surface area contributed by atoms with Gasteiger partial charge in [-0.2, -0.15) is 0 Å². The molecule has 0 saturated carbocycles. The van der Waals surface area contributed by atoms with Gasteiger partial charge in [0.25, 0.3) is 5.91 Å². The second-order valence-electron chi connectivity index (χ2n) is 7.81. The molecule has 0 aliphatic heterocycles. The standard InChI is InChI=1S/C25H20N6O2S/c1-13-6-7-18-17(8-9-27-24(18)30-16-5-3-4-15(10-16)14(2)32)20(13)31-25(33)19-11-34-22-21(19)28-12-29-23(22)26/h3-12H,1-2H3,(H,27,30)(H,31,33)(H2,26,28,29). The number of thiophene rings is 1. The van der Waals surface area contributed by atoms with Crippen molar-refractivity contribution in [3.05, 3.63) is 77.1 Å². The largest absolute Gasteiger partial charge is 0.382 e. The number of ketones is 1. The molecule has 0 unspecified atom stereocenters. The fourth-order valence-corrected chi connectivity index (χ4v) is 4.70. The second kappa shape index (κ2) is 8.53. The molecule has 5 rings (SSSR count). The van der Waals surface area contributed by atoms with Crippen LogP contribution >= 0.6 is 11.3 Å². The lowest BCUT2D eigenvalue weighted by Gasteiger charge is -2.15. The first kappa shape index (κ1) is 21.5. The summed E-state index contributed by atoms with van der Waals surface area (Å²) in [6, 6.07) is 13.0. The van der Waals surface area contributed by atoms with Gasteiger partial charge in [-0.15, -0.1) is 11.3 Å². The van der Waals surface area contributed by atoms with Crippen LogP contribution in [0.5, 0.6) is 0 Å². The predicted molar refractivity (Wildman–Crippen MR) is 136 cm³/mol. The minimum atomic E-state index is -0.277. The van der Waals surface area contributed by atoms with Crippen LogP contribution in [0.3, 0.4) is 0 Å². The second-order valence-corrected chi connectivity index (χ2v) is 8.69. The third kappa shape index (κ3) is 3.82. The van der Waals surface area contributed by atoms with E-state index in [4.69, 9.17) is 5.73 Å². The molecular weight excluding hydrogens is 448 g/mol. The third-order valence-corrected chi connectivity index (χ3v) is 6.54. The number of carbonyl (C=O) groups excluding carboxylic acids is 2.